The van der Waals surface area contributed by atoms with E-state index in [1.54, 1.807) is 0 Å². The third kappa shape index (κ3) is 7.24. The summed E-state index contributed by atoms with van der Waals surface area (Å²) in [6, 6.07) is 0. The summed E-state index contributed by atoms with van der Waals surface area (Å²) in [6.45, 7) is 14.7. The summed E-state index contributed by atoms with van der Waals surface area (Å²) in [5, 5.41) is 0. The van der Waals surface area contributed by atoms with E-state index < -0.39 is 0 Å². The molecule has 0 saturated carbocycles. The maximum atomic E-state index is 5.60. The number of hydrogen-bond acceptors (Lipinski definition) is 2. The Morgan fingerprint density at radius 3 is 1.44 bits per heavy atom. The smallest absolute Gasteiger partial charge is 0.0494 e. The molecule has 0 aliphatic rings. The van der Waals surface area contributed by atoms with Gasteiger partial charge in [0.05, 0.1) is 0 Å². The monoisotopic (exact) mass is 230 g/mol. The molecule has 1 unspecified atom stereocenters. The zero-order valence-electron chi connectivity index (χ0n) is 11.8. The van der Waals surface area contributed by atoms with Gasteiger partial charge in [0, 0.05) is 26.4 Å². The Hall–Kier alpha value is -0.0800. The van der Waals surface area contributed by atoms with Gasteiger partial charge in [0.1, 0.15) is 0 Å². The molecule has 0 rings (SSSR count). The van der Waals surface area contributed by atoms with E-state index >= 15 is 0 Å². The fourth-order valence-electron chi connectivity index (χ4n) is 1.69. The molecule has 0 aromatic heterocycles. The van der Waals surface area contributed by atoms with Gasteiger partial charge < -0.3 is 9.47 Å². The van der Waals surface area contributed by atoms with Crippen LogP contribution in [0.5, 0.6) is 0 Å². The molecule has 98 valence electrons. The Balaban J connectivity index is 3.68. The van der Waals surface area contributed by atoms with Gasteiger partial charge in [0.2, 0.25) is 0 Å². The number of ether oxygens (including phenoxy) is 2. The summed E-state index contributed by atoms with van der Waals surface area (Å²) >= 11 is 0. The van der Waals surface area contributed by atoms with Crippen LogP contribution in [-0.4, -0.2) is 26.4 Å². The lowest BCUT2D eigenvalue weighted by Gasteiger charge is -2.26. The van der Waals surface area contributed by atoms with E-state index in [0.717, 1.165) is 39.3 Å². The van der Waals surface area contributed by atoms with Crippen molar-refractivity contribution in [1.82, 2.24) is 0 Å². The second-order valence-corrected chi connectivity index (χ2v) is 4.96. The Labute approximate surface area is 102 Å². The predicted molar refractivity (Wildman–Crippen MR) is 69.7 cm³/mol. The first kappa shape index (κ1) is 15.9. The van der Waals surface area contributed by atoms with Crippen LogP contribution in [0.3, 0.4) is 0 Å². The molecule has 0 fully saturated rings. The molecule has 2 nitrogen and oxygen atoms in total. The van der Waals surface area contributed by atoms with Gasteiger partial charge in [-0.2, -0.15) is 0 Å². The standard InChI is InChI=1S/C14H30O2/c1-6-8-15-10-12(3)14(5)13(4)11-16-9-7-2/h12-14H,6-11H2,1-5H3/t12-,13+,14?. The van der Waals surface area contributed by atoms with Gasteiger partial charge in [0.25, 0.3) is 0 Å². The summed E-state index contributed by atoms with van der Waals surface area (Å²) < 4.78 is 11.2. The lowest BCUT2D eigenvalue weighted by Crippen LogP contribution is -2.24. The Morgan fingerprint density at radius 2 is 1.12 bits per heavy atom. The molecule has 0 aromatic rings. The van der Waals surface area contributed by atoms with E-state index in [2.05, 4.69) is 34.6 Å². The molecule has 0 aliphatic heterocycles. The molecule has 0 radical (unpaired) electrons. The van der Waals surface area contributed by atoms with E-state index in [9.17, 15) is 0 Å². The van der Waals surface area contributed by atoms with Crippen molar-refractivity contribution in [2.45, 2.75) is 47.5 Å². The topological polar surface area (TPSA) is 18.5 Å². The van der Waals surface area contributed by atoms with Gasteiger partial charge in [-0.05, 0) is 30.6 Å². The highest BCUT2D eigenvalue weighted by Crippen LogP contribution is 2.21. The van der Waals surface area contributed by atoms with Crippen LogP contribution in [0.4, 0.5) is 0 Å². The van der Waals surface area contributed by atoms with Crippen LogP contribution >= 0.6 is 0 Å². The van der Waals surface area contributed by atoms with Crippen LogP contribution in [0.1, 0.15) is 47.5 Å². The molecular weight excluding hydrogens is 200 g/mol. The largest absolute Gasteiger partial charge is 0.381 e. The summed E-state index contributed by atoms with van der Waals surface area (Å²) in [5.41, 5.74) is 0. The first-order chi connectivity index (χ1) is 7.63. The van der Waals surface area contributed by atoms with Crippen LogP contribution in [0.2, 0.25) is 0 Å². The highest BCUT2D eigenvalue weighted by Gasteiger charge is 2.19. The van der Waals surface area contributed by atoms with Gasteiger partial charge in [-0.3, -0.25) is 0 Å². The molecule has 16 heavy (non-hydrogen) atoms. The second kappa shape index (κ2) is 10.1. The highest BCUT2D eigenvalue weighted by atomic mass is 16.5. The molecule has 0 aliphatic carbocycles. The lowest BCUT2D eigenvalue weighted by molar-refractivity contribution is 0.0433. The fraction of sp³-hybridized carbons (Fsp3) is 1.00. The number of rotatable bonds is 10. The molecule has 0 saturated heterocycles. The van der Waals surface area contributed by atoms with E-state index in [-0.39, 0.29) is 0 Å². The maximum absolute atomic E-state index is 5.60. The molecule has 0 heterocycles. The minimum atomic E-state index is 0.617. The minimum absolute atomic E-state index is 0.617. The van der Waals surface area contributed by atoms with Crippen LogP contribution < -0.4 is 0 Å². The van der Waals surface area contributed by atoms with Crippen molar-refractivity contribution in [1.29, 1.82) is 0 Å². The molecule has 0 aromatic carbocycles. The SMILES string of the molecule is CCCOC[C@@H](C)C(C)[C@@H](C)COCCC. The molecule has 3 atom stereocenters. The molecular formula is C14H30O2. The zero-order chi connectivity index (χ0) is 12.4. The van der Waals surface area contributed by atoms with Crippen molar-refractivity contribution in [3.05, 3.63) is 0 Å². The Kier molecular flexibility index (Phi) is 10.0. The minimum Gasteiger partial charge on any atom is -0.381 e. The second-order valence-electron chi connectivity index (χ2n) is 4.96. The van der Waals surface area contributed by atoms with E-state index in [4.69, 9.17) is 9.47 Å². The van der Waals surface area contributed by atoms with Crippen LogP contribution in [-0.2, 0) is 9.47 Å². The van der Waals surface area contributed by atoms with Crippen LogP contribution in [0.15, 0.2) is 0 Å². The van der Waals surface area contributed by atoms with E-state index in [1.807, 2.05) is 0 Å². The van der Waals surface area contributed by atoms with Gasteiger partial charge in [0.15, 0.2) is 0 Å². The summed E-state index contributed by atoms with van der Waals surface area (Å²) in [6.07, 6.45) is 2.21. The molecule has 0 spiro atoms. The molecule has 0 amide bonds. The number of hydrogen-bond donors (Lipinski definition) is 0. The first-order valence-corrected chi connectivity index (χ1v) is 6.78. The van der Waals surface area contributed by atoms with Gasteiger partial charge >= 0.3 is 0 Å². The first-order valence-electron chi connectivity index (χ1n) is 6.78. The van der Waals surface area contributed by atoms with Gasteiger partial charge in [-0.1, -0.05) is 34.6 Å². The highest BCUT2D eigenvalue weighted by molar-refractivity contribution is 4.67. The third-order valence-electron chi connectivity index (χ3n) is 3.25. The molecule has 2 heteroatoms. The quantitative estimate of drug-likeness (QED) is 0.532. The summed E-state index contributed by atoms with van der Waals surface area (Å²) in [7, 11) is 0. The third-order valence-corrected chi connectivity index (χ3v) is 3.25. The average Bonchev–Trinajstić information content (AvgIpc) is 2.28. The normalized spacial score (nSPS) is 17.1. The fourth-order valence-corrected chi connectivity index (χ4v) is 1.69. The van der Waals surface area contributed by atoms with Crippen molar-refractivity contribution in [2.75, 3.05) is 26.4 Å². The van der Waals surface area contributed by atoms with Gasteiger partial charge in [-0.15, -0.1) is 0 Å². The lowest BCUT2D eigenvalue weighted by atomic mass is 9.86. The zero-order valence-corrected chi connectivity index (χ0v) is 11.8. The predicted octanol–water partition coefficient (Wildman–Crippen LogP) is 3.75. The van der Waals surface area contributed by atoms with Crippen molar-refractivity contribution >= 4 is 0 Å². The van der Waals surface area contributed by atoms with Crippen molar-refractivity contribution < 1.29 is 9.47 Å². The molecule has 0 N–H and O–H groups in total. The van der Waals surface area contributed by atoms with Crippen LogP contribution in [0, 0.1) is 17.8 Å². The summed E-state index contributed by atoms with van der Waals surface area (Å²) in [4.78, 5) is 0. The Morgan fingerprint density at radius 1 is 0.750 bits per heavy atom. The van der Waals surface area contributed by atoms with Crippen molar-refractivity contribution in [2.24, 2.45) is 17.8 Å². The van der Waals surface area contributed by atoms with E-state index in [0.29, 0.717) is 17.8 Å². The van der Waals surface area contributed by atoms with Gasteiger partial charge in [-0.25, -0.2) is 0 Å². The van der Waals surface area contributed by atoms with Crippen molar-refractivity contribution in [3.8, 4) is 0 Å². The maximum Gasteiger partial charge on any atom is 0.0494 e. The molecule has 0 bridgehead atoms. The van der Waals surface area contributed by atoms with Crippen molar-refractivity contribution in [3.63, 3.8) is 0 Å². The van der Waals surface area contributed by atoms with Crippen LogP contribution in [0.25, 0.3) is 0 Å². The Bertz CT molecular complexity index is 132. The van der Waals surface area contributed by atoms with E-state index in [1.165, 1.54) is 0 Å². The average molecular weight is 230 g/mol. The summed E-state index contributed by atoms with van der Waals surface area (Å²) in [5.74, 6) is 1.90.